The molecule has 0 aliphatic carbocycles. The third kappa shape index (κ3) is 3.58. The van der Waals surface area contributed by atoms with Gasteiger partial charge in [0.25, 0.3) is 0 Å². The number of carbonyl (C=O) groups excluding carboxylic acids is 1. The highest BCUT2D eigenvalue weighted by molar-refractivity contribution is 5.96. The smallest absolute Gasteiger partial charge is 0.246 e. The Hall–Kier alpha value is -3.20. The Balaban J connectivity index is 1.59. The fourth-order valence-electron chi connectivity index (χ4n) is 2.35. The summed E-state index contributed by atoms with van der Waals surface area (Å²) in [6, 6.07) is 14.4. The Morgan fingerprint density at radius 1 is 1.17 bits per heavy atom. The molecule has 0 saturated carbocycles. The second-order valence-corrected chi connectivity index (χ2v) is 5.46. The quantitative estimate of drug-likeness (QED) is 0.884. The van der Waals surface area contributed by atoms with Gasteiger partial charge in [-0.3, -0.25) is 4.79 Å². The molecule has 1 aliphatic heterocycles. The minimum atomic E-state index is -0.419. The molecule has 2 aromatic rings. The third-order valence-corrected chi connectivity index (χ3v) is 3.65. The van der Waals surface area contributed by atoms with Gasteiger partial charge >= 0.3 is 0 Å². The van der Waals surface area contributed by atoms with Gasteiger partial charge in [0.05, 0.1) is 12.5 Å². The number of nitriles is 1. The summed E-state index contributed by atoms with van der Waals surface area (Å²) < 4.78 is 10.5. The summed E-state index contributed by atoms with van der Waals surface area (Å²) in [6.45, 7) is 1.98. The first kappa shape index (κ1) is 15.7. The van der Waals surface area contributed by atoms with Crippen LogP contribution in [0.5, 0.6) is 11.5 Å². The van der Waals surface area contributed by atoms with E-state index in [0.717, 1.165) is 11.3 Å². The summed E-state index contributed by atoms with van der Waals surface area (Å²) in [5.41, 5.74) is 2.42. The van der Waals surface area contributed by atoms with Gasteiger partial charge in [0, 0.05) is 17.4 Å². The summed E-state index contributed by atoms with van der Waals surface area (Å²) in [5, 5.41) is 14.6. The van der Waals surface area contributed by atoms with Crippen molar-refractivity contribution in [1.82, 2.24) is 0 Å². The van der Waals surface area contributed by atoms with Gasteiger partial charge in [-0.05, 0) is 36.8 Å². The Morgan fingerprint density at radius 3 is 2.62 bits per heavy atom. The van der Waals surface area contributed by atoms with E-state index in [9.17, 15) is 4.79 Å². The maximum absolute atomic E-state index is 12.3. The predicted molar refractivity (Wildman–Crippen MR) is 90.0 cm³/mol. The molecule has 2 aromatic carbocycles. The number of rotatable bonds is 5. The van der Waals surface area contributed by atoms with E-state index in [1.807, 2.05) is 24.3 Å². The predicted octanol–water partition coefficient (Wildman–Crippen LogP) is 2.92. The van der Waals surface area contributed by atoms with Crippen molar-refractivity contribution in [2.75, 3.05) is 17.4 Å². The van der Waals surface area contributed by atoms with Crippen LogP contribution >= 0.6 is 0 Å². The highest BCUT2D eigenvalue weighted by Crippen LogP contribution is 2.34. The van der Waals surface area contributed by atoms with Gasteiger partial charge in [-0.25, -0.2) is 0 Å². The highest BCUT2D eigenvalue weighted by atomic mass is 16.7. The van der Waals surface area contributed by atoms with E-state index in [1.165, 1.54) is 0 Å². The molecule has 0 radical (unpaired) electrons. The van der Waals surface area contributed by atoms with E-state index in [1.54, 1.807) is 25.1 Å². The number of nitrogens with zero attached hydrogens (tertiary/aromatic N) is 1. The molecule has 1 aliphatic rings. The fourth-order valence-corrected chi connectivity index (χ4v) is 2.35. The molecule has 1 heterocycles. The monoisotopic (exact) mass is 323 g/mol. The van der Waals surface area contributed by atoms with Crippen LogP contribution in [0.25, 0.3) is 0 Å². The molecule has 122 valence electrons. The van der Waals surface area contributed by atoms with Crippen molar-refractivity contribution in [2.45, 2.75) is 19.4 Å². The molecular formula is C18H17N3O3. The largest absolute Gasteiger partial charge is 0.454 e. The van der Waals surface area contributed by atoms with E-state index in [2.05, 4.69) is 16.7 Å². The van der Waals surface area contributed by atoms with Crippen molar-refractivity contribution in [2.24, 2.45) is 0 Å². The van der Waals surface area contributed by atoms with E-state index in [0.29, 0.717) is 23.6 Å². The van der Waals surface area contributed by atoms with Gasteiger partial charge in [0.1, 0.15) is 6.04 Å². The van der Waals surface area contributed by atoms with Crippen LogP contribution in [-0.4, -0.2) is 18.7 Å². The lowest BCUT2D eigenvalue weighted by Gasteiger charge is -2.15. The van der Waals surface area contributed by atoms with Crippen LogP contribution in [0.2, 0.25) is 0 Å². The number of hydrogen-bond donors (Lipinski definition) is 2. The number of nitrogens with one attached hydrogen (secondary N) is 2. The molecule has 1 unspecified atom stereocenters. The van der Waals surface area contributed by atoms with Crippen LogP contribution in [0.1, 0.15) is 12.5 Å². The average Bonchev–Trinajstić information content (AvgIpc) is 3.04. The molecule has 2 N–H and O–H groups in total. The number of anilines is 2. The number of hydrogen-bond acceptors (Lipinski definition) is 5. The number of benzene rings is 2. The number of ether oxygens (including phenoxy) is 2. The van der Waals surface area contributed by atoms with Gasteiger partial charge < -0.3 is 20.1 Å². The van der Waals surface area contributed by atoms with Crippen molar-refractivity contribution < 1.29 is 14.3 Å². The molecule has 24 heavy (non-hydrogen) atoms. The number of fused-ring (bicyclic) bond motifs is 1. The number of carbonyl (C=O) groups is 1. The Kier molecular flexibility index (Phi) is 4.52. The maximum Gasteiger partial charge on any atom is 0.246 e. The minimum absolute atomic E-state index is 0.157. The molecule has 3 rings (SSSR count). The first-order chi connectivity index (χ1) is 11.7. The van der Waals surface area contributed by atoms with Gasteiger partial charge in [-0.2, -0.15) is 5.26 Å². The van der Waals surface area contributed by atoms with E-state index in [4.69, 9.17) is 14.7 Å². The zero-order valence-corrected chi connectivity index (χ0v) is 13.2. The van der Waals surface area contributed by atoms with Crippen LogP contribution in [0, 0.1) is 11.3 Å². The van der Waals surface area contributed by atoms with Crippen LogP contribution < -0.4 is 20.1 Å². The molecule has 1 atom stereocenters. The van der Waals surface area contributed by atoms with Crippen LogP contribution in [0.4, 0.5) is 11.4 Å². The normalized spacial score (nSPS) is 13.0. The standard InChI is InChI=1S/C18H17N3O3/c1-12(20-14-4-2-13(3-5-14)8-9-19)18(22)21-15-6-7-16-17(10-15)24-11-23-16/h2-7,10,12,20H,8,11H2,1H3,(H,21,22). The zero-order valence-electron chi connectivity index (χ0n) is 13.2. The Morgan fingerprint density at radius 2 is 1.88 bits per heavy atom. The number of amides is 1. The summed E-state index contributed by atoms with van der Waals surface area (Å²) in [5.74, 6) is 1.15. The molecule has 0 spiro atoms. The van der Waals surface area contributed by atoms with Crippen molar-refractivity contribution >= 4 is 17.3 Å². The molecule has 0 aromatic heterocycles. The van der Waals surface area contributed by atoms with Gasteiger partial charge in [-0.1, -0.05) is 12.1 Å². The van der Waals surface area contributed by atoms with Crippen LogP contribution in [-0.2, 0) is 11.2 Å². The second-order valence-electron chi connectivity index (χ2n) is 5.46. The summed E-state index contributed by atoms with van der Waals surface area (Å²) >= 11 is 0. The van der Waals surface area contributed by atoms with Gasteiger partial charge in [0.2, 0.25) is 12.7 Å². The van der Waals surface area contributed by atoms with Crippen molar-refractivity contribution in [3.63, 3.8) is 0 Å². The summed E-state index contributed by atoms with van der Waals surface area (Å²) in [7, 11) is 0. The molecule has 0 saturated heterocycles. The molecule has 6 heteroatoms. The molecule has 1 amide bonds. The maximum atomic E-state index is 12.3. The Bertz CT molecular complexity index is 781. The minimum Gasteiger partial charge on any atom is -0.454 e. The van der Waals surface area contributed by atoms with E-state index < -0.39 is 6.04 Å². The summed E-state index contributed by atoms with van der Waals surface area (Å²) in [4.78, 5) is 12.3. The lowest BCUT2D eigenvalue weighted by molar-refractivity contribution is -0.116. The average molecular weight is 323 g/mol. The SMILES string of the molecule is CC(Nc1ccc(CC#N)cc1)C(=O)Nc1ccc2c(c1)OCO2. The first-order valence-electron chi connectivity index (χ1n) is 7.58. The van der Waals surface area contributed by atoms with Crippen LogP contribution in [0.15, 0.2) is 42.5 Å². The van der Waals surface area contributed by atoms with Crippen LogP contribution in [0.3, 0.4) is 0 Å². The zero-order chi connectivity index (χ0) is 16.9. The fraction of sp³-hybridized carbons (Fsp3) is 0.222. The summed E-state index contributed by atoms with van der Waals surface area (Å²) in [6.07, 6.45) is 0.375. The van der Waals surface area contributed by atoms with Crippen molar-refractivity contribution in [1.29, 1.82) is 5.26 Å². The lowest BCUT2D eigenvalue weighted by atomic mass is 10.1. The van der Waals surface area contributed by atoms with E-state index >= 15 is 0 Å². The van der Waals surface area contributed by atoms with E-state index in [-0.39, 0.29) is 12.7 Å². The lowest BCUT2D eigenvalue weighted by Crippen LogP contribution is -2.31. The topological polar surface area (TPSA) is 83.4 Å². The van der Waals surface area contributed by atoms with Crippen molar-refractivity contribution in [3.05, 3.63) is 48.0 Å². The highest BCUT2D eigenvalue weighted by Gasteiger charge is 2.16. The molecule has 6 nitrogen and oxygen atoms in total. The second kappa shape index (κ2) is 6.92. The molecule has 0 bridgehead atoms. The first-order valence-corrected chi connectivity index (χ1v) is 7.58. The Labute approximate surface area is 140 Å². The molecule has 0 fully saturated rings. The van der Waals surface area contributed by atoms with Gasteiger partial charge in [-0.15, -0.1) is 0 Å². The van der Waals surface area contributed by atoms with Crippen molar-refractivity contribution in [3.8, 4) is 17.6 Å². The third-order valence-electron chi connectivity index (χ3n) is 3.65. The van der Waals surface area contributed by atoms with Gasteiger partial charge in [0.15, 0.2) is 11.5 Å². The molecular weight excluding hydrogens is 306 g/mol.